The normalized spacial score (nSPS) is 11.3. The fourth-order valence-corrected chi connectivity index (χ4v) is 2.35. The first kappa shape index (κ1) is 19.9. The Bertz CT molecular complexity index is 826. The van der Waals surface area contributed by atoms with E-state index in [9.17, 15) is 18.8 Å². The van der Waals surface area contributed by atoms with Gasteiger partial charge in [0, 0.05) is 12.1 Å². The Kier molecular flexibility index (Phi) is 6.87. The zero-order valence-electron chi connectivity index (χ0n) is 14.6. The lowest BCUT2D eigenvalue weighted by atomic mass is 10.1. The van der Waals surface area contributed by atoms with Crippen LogP contribution in [0.1, 0.15) is 15.9 Å². The third kappa shape index (κ3) is 5.81. The summed E-state index contributed by atoms with van der Waals surface area (Å²) >= 11 is 0. The number of nitrogens with one attached hydrogen (secondary N) is 1. The fourth-order valence-electron chi connectivity index (χ4n) is 2.35. The minimum absolute atomic E-state index is 0.0574. The number of nitrogen functional groups attached to an aromatic ring is 1. The molecule has 2 aromatic rings. The molecule has 0 fully saturated rings. The van der Waals surface area contributed by atoms with Crippen LogP contribution in [0.5, 0.6) is 0 Å². The second-order valence-electron chi connectivity index (χ2n) is 5.64. The van der Waals surface area contributed by atoms with Gasteiger partial charge in [0.15, 0.2) is 6.61 Å². The first-order chi connectivity index (χ1) is 12.9. The number of rotatable bonds is 7. The van der Waals surface area contributed by atoms with Crippen LogP contribution in [-0.2, 0) is 25.5 Å². The lowest BCUT2D eigenvalue weighted by Crippen LogP contribution is -2.44. The van der Waals surface area contributed by atoms with Crippen LogP contribution in [0.25, 0.3) is 0 Å². The van der Waals surface area contributed by atoms with Crippen molar-refractivity contribution in [3.05, 3.63) is 65.5 Å². The number of hydrogen-bond acceptors (Lipinski definition) is 6. The molecule has 1 atom stereocenters. The molecule has 0 spiro atoms. The molecule has 1 amide bonds. The zero-order chi connectivity index (χ0) is 19.8. The maximum absolute atomic E-state index is 13.0. The van der Waals surface area contributed by atoms with Crippen molar-refractivity contribution in [1.29, 1.82) is 0 Å². The van der Waals surface area contributed by atoms with E-state index in [-0.39, 0.29) is 17.7 Å². The van der Waals surface area contributed by atoms with Gasteiger partial charge in [-0.3, -0.25) is 4.79 Å². The molecule has 3 N–H and O–H groups in total. The Labute approximate surface area is 155 Å². The molecule has 0 aliphatic heterocycles. The molecule has 0 aliphatic rings. The number of carbonyl (C=O) groups is 3. The SMILES string of the molecule is COC(=O)C(Cc1ccccc1)NC(=O)COC(=O)c1ccc(F)cc1N. The lowest BCUT2D eigenvalue weighted by Gasteiger charge is -2.16. The highest BCUT2D eigenvalue weighted by molar-refractivity contribution is 5.96. The van der Waals surface area contributed by atoms with Gasteiger partial charge in [0.2, 0.25) is 0 Å². The highest BCUT2D eigenvalue weighted by atomic mass is 19.1. The van der Waals surface area contributed by atoms with E-state index in [0.29, 0.717) is 0 Å². The van der Waals surface area contributed by atoms with Crippen LogP contribution in [0.3, 0.4) is 0 Å². The summed E-state index contributed by atoms with van der Waals surface area (Å²) < 4.78 is 22.6. The van der Waals surface area contributed by atoms with Crippen LogP contribution in [0.2, 0.25) is 0 Å². The standard InChI is InChI=1S/C19H19FN2O5/c1-26-19(25)16(9-12-5-3-2-4-6-12)22-17(23)11-27-18(24)14-8-7-13(20)10-15(14)21/h2-8,10,16H,9,11,21H2,1H3,(H,22,23). The molecule has 1 unspecified atom stereocenters. The van der Waals surface area contributed by atoms with E-state index in [1.165, 1.54) is 7.11 Å². The van der Waals surface area contributed by atoms with Gasteiger partial charge in [0.1, 0.15) is 11.9 Å². The summed E-state index contributed by atoms with van der Waals surface area (Å²) in [7, 11) is 1.21. The van der Waals surface area contributed by atoms with Crippen molar-refractivity contribution in [2.24, 2.45) is 0 Å². The van der Waals surface area contributed by atoms with Gasteiger partial charge >= 0.3 is 11.9 Å². The molecule has 7 nitrogen and oxygen atoms in total. The number of nitrogens with two attached hydrogens (primary N) is 1. The number of esters is 2. The zero-order valence-corrected chi connectivity index (χ0v) is 14.6. The highest BCUT2D eigenvalue weighted by Crippen LogP contribution is 2.14. The van der Waals surface area contributed by atoms with Crippen LogP contribution in [0, 0.1) is 5.82 Å². The smallest absolute Gasteiger partial charge is 0.340 e. The van der Waals surface area contributed by atoms with Gasteiger partial charge in [-0.2, -0.15) is 0 Å². The second-order valence-corrected chi connectivity index (χ2v) is 5.64. The molecular formula is C19H19FN2O5. The Morgan fingerprint density at radius 2 is 1.85 bits per heavy atom. The van der Waals surface area contributed by atoms with E-state index >= 15 is 0 Å². The molecule has 0 bridgehead atoms. The largest absolute Gasteiger partial charge is 0.467 e. The van der Waals surface area contributed by atoms with E-state index < -0.39 is 36.3 Å². The maximum atomic E-state index is 13.0. The predicted molar refractivity (Wildman–Crippen MR) is 95.2 cm³/mol. The Hall–Kier alpha value is -3.42. The van der Waals surface area contributed by atoms with Crippen molar-refractivity contribution in [3.8, 4) is 0 Å². The average Bonchev–Trinajstić information content (AvgIpc) is 2.65. The summed E-state index contributed by atoms with van der Waals surface area (Å²) in [6.45, 7) is -0.627. The molecule has 2 rings (SSSR count). The number of benzene rings is 2. The second kappa shape index (κ2) is 9.33. The fraction of sp³-hybridized carbons (Fsp3) is 0.211. The van der Waals surface area contributed by atoms with Crippen molar-refractivity contribution in [1.82, 2.24) is 5.32 Å². The predicted octanol–water partition coefficient (Wildman–Crippen LogP) is 1.47. The molecule has 0 saturated carbocycles. The number of ether oxygens (including phenoxy) is 2. The summed E-state index contributed by atoms with van der Waals surface area (Å²) in [5, 5.41) is 2.46. The van der Waals surface area contributed by atoms with Crippen molar-refractivity contribution in [2.75, 3.05) is 19.5 Å². The number of hydrogen-bond donors (Lipinski definition) is 2. The molecular weight excluding hydrogens is 355 g/mol. The topological polar surface area (TPSA) is 108 Å². The van der Waals surface area contributed by atoms with Crippen molar-refractivity contribution in [3.63, 3.8) is 0 Å². The first-order valence-electron chi connectivity index (χ1n) is 8.04. The molecule has 0 radical (unpaired) electrons. The minimum atomic E-state index is -0.931. The van der Waals surface area contributed by atoms with E-state index in [4.69, 9.17) is 15.2 Å². The van der Waals surface area contributed by atoms with Crippen LogP contribution in [0.15, 0.2) is 48.5 Å². The Morgan fingerprint density at radius 1 is 1.15 bits per heavy atom. The van der Waals surface area contributed by atoms with Gasteiger partial charge in [-0.05, 0) is 23.8 Å². The van der Waals surface area contributed by atoms with Crippen molar-refractivity contribution in [2.45, 2.75) is 12.5 Å². The number of amides is 1. The molecule has 142 valence electrons. The maximum Gasteiger partial charge on any atom is 0.340 e. The van der Waals surface area contributed by atoms with Gasteiger partial charge in [0.25, 0.3) is 5.91 Å². The van der Waals surface area contributed by atoms with Gasteiger partial charge in [-0.25, -0.2) is 14.0 Å². The third-order valence-electron chi connectivity index (χ3n) is 3.67. The monoisotopic (exact) mass is 374 g/mol. The average molecular weight is 374 g/mol. The number of anilines is 1. The Morgan fingerprint density at radius 3 is 2.48 bits per heavy atom. The molecule has 8 heteroatoms. The first-order valence-corrected chi connectivity index (χ1v) is 8.04. The van der Waals surface area contributed by atoms with Gasteiger partial charge in [-0.1, -0.05) is 30.3 Å². The van der Waals surface area contributed by atoms with Crippen LogP contribution in [0.4, 0.5) is 10.1 Å². The molecule has 0 saturated heterocycles. The quantitative estimate of drug-likeness (QED) is 0.561. The summed E-state index contributed by atoms with van der Waals surface area (Å²) in [5.74, 6) is -2.78. The minimum Gasteiger partial charge on any atom is -0.467 e. The molecule has 27 heavy (non-hydrogen) atoms. The summed E-state index contributed by atoms with van der Waals surface area (Å²) in [4.78, 5) is 35.9. The van der Waals surface area contributed by atoms with E-state index in [1.54, 1.807) is 24.3 Å². The molecule has 0 heterocycles. The molecule has 0 aromatic heterocycles. The number of halogens is 1. The van der Waals surface area contributed by atoms with Gasteiger partial charge in [0.05, 0.1) is 12.7 Å². The third-order valence-corrected chi connectivity index (χ3v) is 3.67. The van der Waals surface area contributed by atoms with Crippen LogP contribution >= 0.6 is 0 Å². The van der Waals surface area contributed by atoms with Crippen LogP contribution < -0.4 is 11.1 Å². The number of methoxy groups -OCH3 is 1. The molecule has 2 aromatic carbocycles. The lowest BCUT2D eigenvalue weighted by molar-refractivity contribution is -0.145. The molecule has 0 aliphatic carbocycles. The summed E-state index contributed by atoms with van der Waals surface area (Å²) in [6.07, 6.45) is 0.220. The van der Waals surface area contributed by atoms with E-state index in [1.807, 2.05) is 6.07 Å². The summed E-state index contributed by atoms with van der Waals surface area (Å²) in [6, 6.07) is 11.3. The number of carbonyl (C=O) groups excluding carboxylic acids is 3. The van der Waals surface area contributed by atoms with E-state index in [0.717, 1.165) is 23.8 Å². The van der Waals surface area contributed by atoms with Gasteiger partial charge < -0.3 is 20.5 Å². The van der Waals surface area contributed by atoms with Crippen LogP contribution in [-0.4, -0.2) is 37.6 Å². The van der Waals surface area contributed by atoms with E-state index in [2.05, 4.69) is 5.32 Å². The van der Waals surface area contributed by atoms with Crippen molar-refractivity contribution < 1.29 is 28.2 Å². The Balaban J connectivity index is 1.94. The van der Waals surface area contributed by atoms with Crippen molar-refractivity contribution >= 4 is 23.5 Å². The highest BCUT2D eigenvalue weighted by Gasteiger charge is 2.23. The summed E-state index contributed by atoms with van der Waals surface area (Å²) in [5.41, 5.74) is 6.22. The van der Waals surface area contributed by atoms with Gasteiger partial charge in [-0.15, -0.1) is 0 Å².